The molecule has 0 N–H and O–H groups in total. The SMILES string of the molecule is C=CCn1c(C)c(C)n2c3c(=O)n([C@@H](C)C(C)=O)c(=O)n(C)c3nc12. The fourth-order valence-electron chi connectivity index (χ4n) is 3.15. The molecule has 0 aliphatic heterocycles. The summed E-state index contributed by atoms with van der Waals surface area (Å²) in [6.07, 6.45) is 1.75. The lowest BCUT2D eigenvalue weighted by molar-refractivity contribution is -0.119. The van der Waals surface area contributed by atoms with Crippen LogP contribution in [-0.2, 0) is 18.4 Å². The lowest BCUT2D eigenvalue weighted by Gasteiger charge is -2.12. The summed E-state index contributed by atoms with van der Waals surface area (Å²) in [6.45, 7) is 11.0. The molecule has 132 valence electrons. The molecule has 0 amide bonds. The lowest BCUT2D eigenvalue weighted by Crippen LogP contribution is -2.42. The van der Waals surface area contributed by atoms with E-state index >= 15 is 0 Å². The molecule has 0 radical (unpaired) electrons. The van der Waals surface area contributed by atoms with Gasteiger partial charge in [-0.2, -0.15) is 4.98 Å². The van der Waals surface area contributed by atoms with Gasteiger partial charge in [0.1, 0.15) is 0 Å². The van der Waals surface area contributed by atoms with Gasteiger partial charge in [0.2, 0.25) is 5.78 Å². The number of rotatable bonds is 4. The third-order valence-electron chi connectivity index (χ3n) is 4.87. The van der Waals surface area contributed by atoms with Crippen molar-refractivity contribution in [2.45, 2.75) is 40.3 Å². The van der Waals surface area contributed by atoms with Crippen molar-refractivity contribution >= 4 is 22.7 Å². The third kappa shape index (κ3) is 2.13. The maximum absolute atomic E-state index is 13.1. The fourth-order valence-corrected chi connectivity index (χ4v) is 3.15. The highest BCUT2D eigenvalue weighted by molar-refractivity contribution is 5.81. The van der Waals surface area contributed by atoms with E-state index in [2.05, 4.69) is 11.6 Å². The predicted molar refractivity (Wildman–Crippen MR) is 95.3 cm³/mol. The highest BCUT2D eigenvalue weighted by atomic mass is 16.2. The van der Waals surface area contributed by atoms with Crippen LogP contribution in [0.1, 0.15) is 31.3 Å². The minimum Gasteiger partial charge on any atom is -0.310 e. The van der Waals surface area contributed by atoms with E-state index < -0.39 is 17.3 Å². The van der Waals surface area contributed by atoms with Gasteiger partial charge in [0.25, 0.3) is 5.56 Å². The van der Waals surface area contributed by atoms with Crippen molar-refractivity contribution in [3.8, 4) is 0 Å². The van der Waals surface area contributed by atoms with Gasteiger partial charge in [-0.1, -0.05) is 6.08 Å². The van der Waals surface area contributed by atoms with Gasteiger partial charge < -0.3 is 4.57 Å². The van der Waals surface area contributed by atoms with Gasteiger partial charge in [-0.05, 0) is 27.7 Å². The van der Waals surface area contributed by atoms with Crippen LogP contribution in [0.25, 0.3) is 16.9 Å². The minimum absolute atomic E-state index is 0.253. The molecule has 0 aliphatic rings. The summed E-state index contributed by atoms with van der Waals surface area (Å²) in [4.78, 5) is 42.0. The first-order valence-corrected chi connectivity index (χ1v) is 8.03. The zero-order valence-corrected chi connectivity index (χ0v) is 15.0. The molecule has 8 nitrogen and oxygen atoms in total. The number of imidazole rings is 2. The number of fused-ring (bicyclic) bond motifs is 3. The Morgan fingerprint density at radius 3 is 2.48 bits per heavy atom. The van der Waals surface area contributed by atoms with E-state index in [-0.39, 0.29) is 5.78 Å². The second-order valence-corrected chi connectivity index (χ2v) is 6.29. The zero-order valence-electron chi connectivity index (χ0n) is 15.0. The number of aromatic nitrogens is 5. The molecule has 0 bridgehead atoms. The highest BCUT2D eigenvalue weighted by Gasteiger charge is 2.25. The summed E-state index contributed by atoms with van der Waals surface area (Å²) in [5, 5.41) is 0. The molecular formula is C17H21N5O3. The van der Waals surface area contributed by atoms with Gasteiger partial charge >= 0.3 is 5.69 Å². The number of ketones is 1. The summed E-state index contributed by atoms with van der Waals surface area (Å²) in [6, 6.07) is -0.835. The maximum Gasteiger partial charge on any atom is 0.333 e. The van der Waals surface area contributed by atoms with Gasteiger partial charge in [-0.3, -0.25) is 18.6 Å². The molecule has 0 saturated carbocycles. The Morgan fingerprint density at radius 2 is 1.92 bits per heavy atom. The second kappa shape index (κ2) is 5.58. The number of Topliss-reactive ketones (excluding diaryl/α,β-unsaturated/α-hetero) is 1. The van der Waals surface area contributed by atoms with Gasteiger partial charge in [-0.15, -0.1) is 6.58 Å². The summed E-state index contributed by atoms with van der Waals surface area (Å²) in [5.41, 5.74) is 1.37. The van der Waals surface area contributed by atoms with Crippen LogP contribution in [0.2, 0.25) is 0 Å². The van der Waals surface area contributed by atoms with E-state index in [0.717, 1.165) is 16.0 Å². The van der Waals surface area contributed by atoms with Crippen LogP contribution in [0.3, 0.4) is 0 Å². The lowest BCUT2D eigenvalue weighted by atomic mass is 10.2. The van der Waals surface area contributed by atoms with Crippen molar-refractivity contribution in [1.82, 2.24) is 23.1 Å². The van der Waals surface area contributed by atoms with Crippen LogP contribution in [0, 0.1) is 13.8 Å². The van der Waals surface area contributed by atoms with Gasteiger partial charge in [-0.25, -0.2) is 9.36 Å². The average molecular weight is 343 g/mol. The Balaban J connectivity index is 2.59. The van der Waals surface area contributed by atoms with Crippen molar-refractivity contribution in [1.29, 1.82) is 0 Å². The number of aryl methyl sites for hydroxylation is 2. The molecule has 0 aliphatic carbocycles. The topological polar surface area (TPSA) is 83.3 Å². The Labute approximate surface area is 143 Å². The summed E-state index contributed by atoms with van der Waals surface area (Å²) in [5.74, 6) is 0.321. The average Bonchev–Trinajstić information content (AvgIpc) is 3.05. The van der Waals surface area contributed by atoms with Crippen LogP contribution in [0.5, 0.6) is 0 Å². The summed E-state index contributed by atoms with van der Waals surface area (Å²) < 4.78 is 6.00. The molecular weight excluding hydrogens is 322 g/mol. The molecule has 3 heterocycles. The van der Waals surface area contributed by atoms with Crippen LogP contribution in [-0.4, -0.2) is 28.9 Å². The van der Waals surface area contributed by atoms with Gasteiger partial charge in [0.15, 0.2) is 16.9 Å². The molecule has 25 heavy (non-hydrogen) atoms. The van der Waals surface area contributed by atoms with Crippen LogP contribution in [0.4, 0.5) is 0 Å². The van der Waals surface area contributed by atoms with E-state index in [1.165, 1.54) is 11.5 Å². The smallest absolute Gasteiger partial charge is 0.310 e. The minimum atomic E-state index is -0.835. The maximum atomic E-state index is 13.1. The van der Waals surface area contributed by atoms with Crippen molar-refractivity contribution in [2.75, 3.05) is 0 Å². The quantitative estimate of drug-likeness (QED) is 0.664. The number of hydrogen-bond acceptors (Lipinski definition) is 4. The first-order chi connectivity index (χ1) is 11.7. The molecule has 0 saturated heterocycles. The highest BCUT2D eigenvalue weighted by Crippen LogP contribution is 2.20. The molecule has 8 heteroatoms. The van der Waals surface area contributed by atoms with Crippen LogP contribution < -0.4 is 11.2 Å². The van der Waals surface area contributed by atoms with E-state index in [0.29, 0.717) is 23.5 Å². The Hall–Kier alpha value is -2.90. The first-order valence-electron chi connectivity index (χ1n) is 8.03. The molecule has 0 fully saturated rings. The standard InChI is InChI=1S/C17H21N5O3/c1-7-8-20-9(2)10(3)21-13-14(18-16(20)21)19(6)17(25)22(15(13)24)11(4)12(5)23/h7,11H,1,8H2,2-6H3/t11-/m0/s1. The molecule has 1 atom stereocenters. The molecule has 3 rings (SSSR count). The number of carbonyl (C=O) groups is 1. The third-order valence-corrected chi connectivity index (χ3v) is 4.87. The van der Waals surface area contributed by atoms with Crippen molar-refractivity contribution in [3.05, 3.63) is 44.9 Å². The van der Waals surface area contributed by atoms with E-state index in [1.54, 1.807) is 24.4 Å². The summed E-state index contributed by atoms with van der Waals surface area (Å²) >= 11 is 0. The zero-order chi connectivity index (χ0) is 18.6. The monoisotopic (exact) mass is 343 g/mol. The number of nitrogens with zero attached hydrogens (tertiary/aromatic N) is 5. The van der Waals surface area contributed by atoms with Crippen LogP contribution >= 0.6 is 0 Å². The number of hydrogen-bond donors (Lipinski definition) is 0. The van der Waals surface area contributed by atoms with E-state index in [9.17, 15) is 14.4 Å². The molecule has 0 unspecified atom stereocenters. The fraction of sp³-hybridized carbons (Fsp3) is 0.412. The van der Waals surface area contributed by atoms with Crippen LogP contribution in [0.15, 0.2) is 22.2 Å². The second-order valence-electron chi connectivity index (χ2n) is 6.29. The van der Waals surface area contributed by atoms with E-state index in [1.807, 2.05) is 18.4 Å². The van der Waals surface area contributed by atoms with Gasteiger partial charge in [0, 0.05) is 25.0 Å². The Morgan fingerprint density at radius 1 is 1.28 bits per heavy atom. The Bertz CT molecular complexity index is 1160. The van der Waals surface area contributed by atoms with Crippen molar-refractivity contribution < 1.29 is 4.79 Å². The van der Waals surface area contributed by atoms with Crippen molar-refractivity contribution in [3.63, 3.8) is 0 Å². The largest absolute Gasteiger partial charge is 0.333 e. The predicted octanol–water partition coefficient (Wildman–Crippen LogP) is 1.10. The number of allylic oxidation sites excluding steroid dienone is 1. The normalized spacial score (nSPS) is 12.8. The van der Waals surface area contributed by atoms with E-state index in [4.69, 9.17) is 0 Å². The molecule has 3 aromatic heterocycles. The molecule has 0 aromatic carbocycles. The Kier molecular flexibility index (Phi) is 3.78. The molecule has 0 spiro atoms. The molecule has 3 aromatic rings. The summed E-state index contributed by atoms with van der Waals surface area (Å²) in [7, 11) is 1.56. The number of carbonyl (C=O) groups excluding carboxylic acids is 1. The van der Waals surface area contributed by atoms with Crippen molar-refractivity contribution in [2.24, 2.45) is 7.05 Å². The van der Waals surface area contributed by atoms with Gasteiger partial charge in [0.05, 0.1) is 6.04 Å². The first kappa shape index (κ1) is 16.9.